The molecule has 0 aromatic carbocycles. The van der Waals surface area contributed by atoms with Crippen LogP contribution in [0.1, 0.15) is 19.8 Å². The average Bonchev–Trinajstić information content (AvgIpc) is 1.88. The molecule has 0 bridgehead atoms. The van der Waals surface area contributed by atoms with Gasteiger partial charge in [-0.2, -0.15) is 5.26 Å². The lowest BCUT2D eigenvalue weighted by Crippen LogP contribution is -1.74. The van der Waals surface area contributed by atoms with Gasteiger partial charge in [-0.1, -0.05) is 13.0 Å². The Balaban J connectivity index is 3.90. The molecule has 0 N–H and O–H groups in total. The van der Waals surface area contributed by atoms with Gasteiger partial charge in [0.1, 0.15) is 0 Å². The van der Waals surface area contributed by atoms with Crippen molar-refractivity contribution < 1.29 is 0 Å². The molecule has 0 aromatic heterocycles. The quantitative estimate of drug-likeness (QED) is 0.402. The number of nitriles is 1. The van der Waals surface area contributed by atoms with Gasteiger partial charge in [-0.25, -0.2) is 0 Å². The van der Waals surface area contributed by atoms with Crippen LogP contribution < -0.4 is 0 Å². The van der Waals surface area contributed by atoms with Crippen LogP contribution in [0.2, 0.25) is 0 Å². The zero-order valence-electron chi connectivity index (χ0n) is 5.52. The second kappa shape index (κ2) is 4.94. The van der Waals surface area contributed by atoms with E-state index in [1.165, 1.54) is 0 Å². The van der Waals surface area contributed by atoms with E-state index in [0.717, 1.165) is 6.42 Å². The first kappa shape index (κ1) is 7.79. The van der Waals surface area contributed by atoms with E-state index in [0.29, 0.717) is 12.0 Å². The standard InChI is InChI=1S/C8H9N/c1-3-5-8(7-9)6-4-2/h1,6H,4-5H2,2H3/b8-6+. The van der Waals surface area contributed by atoms with Gasteiger partial charge >= 0.3 is 0 Å². The zero-order valence-corrected chi connectivity index (χ0v) is 5.52. The van der Waals surface area contributed by atoms with Crippen molar-refractivity contribution in [2.75, 3.05) is 0 Å². The van der Waals surface area contributed by atoms with Gasteiger partial charge < -0.3 is 0 Å². The molecule has 0 heterocycles. The van der Waals surface area contributed by atoms with Crippen molar-refractivity contribution >= 4 is 0 Å². The first-order chi connectivity index (χ1) is 4.35. The van der Waals surface area contributed by atoms with Crippen molar-refractivity contribution in [2.24, 2.45) is 0 Å². The molecule has 0 saturated carbocycles. The van der Waals surface area contributed by atoms with Crippen LogP contribution in [-0.4, -0.2) is 0 Å². The lowest BCUT2D eigenvalue weighted by atomic mass is 10.2. The molecule has 0 aliphatic heterocycles. The Morgan fingerprint density at radius 1 is 1.78 bits per heavy atom. The molecule has 0 fully saturated rings. The largest absolute Gasteiger partial charge is 0.193 e. The Labute approximate surface area is 56.0 Å². The molecule has 0 saturated heterocycles. The van der Waals surface area contributed by atoms with Gasteiger partial charge in [0.25, 0.3) is 0 Å². The minimum absolute atomic E-state index is 0.463. The van der Waals surface area contributed by atoms with E-state index in [-0.39, 0.29) is 0 Å². The molecule has 0 unspecified atom stereocenters. The summed E-state index contributed by atoms with van der Waals surface area (Å²) >= 11 is 0. The summed E-state index contributed by atoms with van der Waals surface area (Å²) in [5, 5.41) is 8.37. The summed E-state index contributed by atoms with van der Waals surface area (Å²) in [6.45, 7) is 1.98. The molecule has 1 heteroatoms. The van der Waals surface area contributed by atoms with E-state index < -0.39 is 0 Å². The van der Waals surface area contributed by atoms with Crippen molar-refractivity contribution in [1.29, 1.82) is 5.26 Å². The van der Waals surface area contributed by atoms with Crippen LogP contribution in [0.15, 0.2) is 11.6 Å². The Kier molecular flexibility index (Phi) is 4.27. The Morgan fingerprint density at radius 3 is 2.78 bits per heavy atom. The van der Waals surface area contributed by atoms with Gasteiger partial charge in [-0.3, -0.25) is 0 Å². The van der Waals surface area contributed by atoms with Gasteiger partial charge in [-0.05, 0) is 6.42 Å². The van der Waals surface area contributed by atoms with Gasteiger partial charge in [0.2, 0.25) is 0 Å². The summed E-state index contributed by atoms with van der Waals surface area (Å²) < 4.78 is 0. The lowest BCUT2D eigenvalue weighted by molar-refractivity contribution is 1.17. The predicted octanol–water partition coefficient (Wildman–Crippen LogP) is 1.87. The van der Waals surface area contributed by atoms with Crippen molar-refractivity contribution in [2.45, 2.75) is 19.8 Å². The SMILES string of the molecule is C#CC/C(C#N)=C\CC. The highest BCUT2D eigenvalue weighted by Gasteiger charge is 1.87. The molecule has 0 spiro atoms. The number of hydrogen-bond donors (Lipinski definition) is 0. The number of terminal acetylenes is 1. The maximum Gasteiger partial charge on any atom is 0.0953 e. The molecule has 0 aliphatic carbocycles. The maximum atomic E-state index is 8.37. The normalized spacial score (nSPS) is 9.89. The van der Waals surface area contributed by atoms with Crippen molar-refractivity contribution in [3.63, 3.8) is 0 Å². The van der Waals surface area contributed by atoms with Crippen molar-refractivity contribution in [1.82, 2.24) is 0 Å². The van der Waals surface area contributed by atoms with Gasteiger partial charge in [0.15, 0.2) is 0 Å². The third-order valence-electron chi connectivity index (χ3n) is 0.887. The van der Waals surface area contributed by atoms with Crippen molar-refractivity contribution in [3.8, 4) is 18.4 Å². The topological polar surface area (TPSA) is 23.8 Å². The fraction of sp³-hybridized carbons (Fsp3) is 0.375. The lowest BCUT2D eigenvalue weighted by Gasteiger charge is -1.85. The predicted molar refractivity (Wildman–Crippen MR) is 37.4 cm³/mol. The summed E-state index contributed by atoms with van der Waals surface area (Å²) in [7, 11) is 0. The molecular formula is C8H9N. The van der Waals surface area contributed by atoms with E-state index in [1.807, 2.05) is 19.1 Å². The molecule has 0 radical (unpaired) electrons. The smallest absolute Gasteiger partial charge is 0.0953 e. The van der Waals surface area contributed by atoms with Crippen LogP contribution in [0, 0.1) is 23.7 Å². The fourth-order valence-electron chi connectivity index (χ4n) is 0.514. The molecule has 0 aromatic rings. The third kappa shape index (κ3) is 3.38. The minimum Gasteiger partial charge on any atom is -0.193 e. The molecule has 1 nitrogen and oxygen atoms in total. The molecule has 46 valence electrons. The van der Waals surface area contributed by atoms with Gasteiger partial charge in [0, 0.05) is 12.0 Å². The Bertz CT molecular complexity index is 176. The van der Waals surface area contributed by atoms with E-state index >= 15 is 0 Å². The molecule has 0 rings (SSSR count). The summed E-state index contributed by atoms with van der Waals surface area (Å²) in [5.41, 5.74) is 0.694. The molecular weight excluding hydrogens is 110 g/mol. The highest BCUT2D eigenvalue weighted by atomic mass is 14.2. The average molecular weight is 119 g/mol. The van der Waals surface area contributed by atoms with Crippen LogP contribution in [0.25, 0.3) is 0 Å². The summed E-state index contributed by atoms with van der Waals surface area (Å²) in [5.74, 6) is 2.41. The van der Waals surface area contributed by atoms with Gasteiger partial charge in [0.05, 0.1) is 6.07 Å². The second-order valence-electron chi connectivity index (χ2n) is 1.63. The van der Waals surface area contributed by atoms with E-state index in [4.69, 9.17) is 11.7 Å². The van der Waals surface area contributed by atoms with Crippen LogP contribution in [0.4, 0.5) is 0 Å². The zero-order chi connectivity index (χ0) is 7.11. The van der Waals surface area contributed by atoms with Crippen molar-refractivity contribution in [3.05, 3.63) is 11.6 Å². The fourth-order valence-corrected chi connectivity index (χ4v) is 0.514. The second-order valence-corrected chi connectivity index (χ2v) is 1.63. The van der Waals surface area contributed by atoms with Gasteiger partial charge in [-0.15, -0.1) is 12.3 Å². The number of nitrogens with zero attached hydrogens (tertiary/aromatic N) is 1. The summed E-state index contributed by atoms with van der Waals surface area (Å²) in [4.78, 5) is 0. The van der Waals surface area contributed by atoms with Crippen LogP contribution >= 0.6 is 0 Å². The van der Waals surface area contributed by atoms with E-state index in [2.05, 4.69) is 5.92 Å². The summed E-state index contributed by atoms with van der Waals surface area (Å²) in [6.07, 6.45) is 8.18. The number of rotatable bonds is 2. The summed E-state index contributed by atoms with van der Waals surface area (Å²) in [6, 6.07) is 2.02. The molecule has 0 atom stereocenters. The first-order valence-electron chi connectivity index (χ1n) is 2.87. The monoisotopic (exact) mass is 119 g/mol. The third-order valence-corrected chi connectivity index (χ3v) is 0.887. The molecule has 0 aliphatic rings. The molecule has 9 heavy (non-hydrogen) atoms. The van der Waals surface area contributed by atoms with E-state index in [9.17, 15) is 0 Å². The highest BCUT2D eigenvalue weighted by molar-refractivity contribution is 5.24. The van der Waals surface area contributed by atoms with Crippen LogP contribution in [0.5, 0.6) is 0 Å². The minimum atomic E-state index is 0.463. The van der Waals surface area contributed by atoms with Crippen LogP contribution in [0.3, 0.4) is 0 Å². The molecule has 0 amide bonds. The number of allylic oxidation sites excluding steroid dienone is 2. The number of hydrogen-bond acceptors (Lipinski definition) is 1. The Morgan fingerprint density at radius 2 is 2.44 bits per heavy atom. The highest BCUT2D eigenvalue weighted by Crippen LogP contribution is 1.98. The Hall–Kier alpha value is -1.21. The first-order valence-corrected chi connectivity index (χ1v) is 2.87. The maximum absolute atomic E-state index is 8.37. The van der Waals surface area contributed by atoms with E-state index in [1.54, 1.807) is 0 Å². The van der Waals surface area contributed by atoms with Crippen LogP contribution in [-0.2, 0) is 0 Å².